The van der Waals surface area contributed by atoms with Crippen LogP contribution < -0.4 is 5.32 Å². The third-order valence-electron chi connectivity index (χ3n) is 2.45. The summed E-state index contributed by atoms with van der Waals surface area (Å²) < 4.78 is 10.4. The Morgan fingerprint density at radius 1 is 1.33 bits per heavy atom. The molecule has 88 valence electrons. The molecule has 0 aromatic rings. The van der Waals surface area contributed by atoms with Crippen LogP contribution in [0.5, 0.6) is 0 Å². The number of rotatable bonds is 5. The van der Waals surface area contributed by atoms with Gasteiger partial charge in [0.25, 0.3) is 0 Å². The molecule has 0 radical (unpaired) electrons. The third kappa shape index (κ3) is 5.14. The molecule has 4 nitrogen and oxygen atoms in total. The van der Waals surface area contributed by atoms with E-state index in [1.165, 1.54) is 0 Å². The van der Waals surface area contributed by atoms with Crippen LogP contribution in [0.4, 0.5) is 0 Å². The lowest BCUT2D eigenvalue weighted by atomic mass is 9.99. The second-order valence-electron chi connectivity index (χ2n) is 4.11. The Hall–Kier alpha value is -0.610. The molecule has 1 aliphatic rings. The summed E-state index contributed by atoms with van der Waals surface area (Å²) in [6, 6.07) is 0. The van der Waals surface area contributed by atoms with Crippen LogP contribution in [0.3, 0.4) is 0 Å². The van der Waals surface area contributed by atoms with Gasteiger partial charge in [0.15, 0.2) is 0 Å². The van der Waals surface area contributed by atoms with Crippen molar-refractivity contribution in [2.24, 2.45) is 5.92 Å². The second-order valence-corrected chi connectivity index (χ2v) is 4.11. The summed E-state index contributed by atoms with van der Waals surface area (Å²) in [5, 5.41) is 3.22. The molecule has 0 unspecified atom stereocenters. The van der Waals surface area contributed by atoms with Crippen LogP contribution in [0.15, 0.2) is 0 Å². The fraction of sp³-hybridized carbons (Fsp3) is 0.909. The summed E-state index contributed by atoms with van der Waals surface area (Å²) >= 11 is 0. The van der Waals surface area contributed by atoms with Crippen LogP contribution in [-0.4, -0.2) is 38.4 Å². The zero-order valence-corrected chi connectivity index (χ0v) is 9.62. The molecule has 1 heterocycles. The van der Waals surface area contributed by atoms with Crippen LogP contribution in [0.1, 0.15) is 26.7 Å². The summed E-state index contributed by atoms with van der Waals surface area (Å²) in [5.74, 6) is 0.0224. The highest BCUT2D eigenvalue weighted by Gasteiger charge is 2.21. The molecule has 1 rings (SSSR count). The highest BCUT2D eigenvalue weighted by atomic mass is 16.6. The average molecular weight is 215 g/mol. The largest absolute Gasteiger partial charge is 0.463 e. The topological polar surface area (TPSA) is 47.6 Å². The molecule has 4 heteroatoms. The van der Waals surface area contributed by atoms with Gasteiger partial charge < -0.3 is 14.8 Å². The van der Waals surface area contributed by atoms with E-state index >= 15 is 0 Å². The standard InChI is InChI=1S/C11H21NO3/c1-9(2)14-7-8-15-11(13)10-3-5-12-6-4-10/h9-10,12H,3-8H2,1-2H3. The first-order valence-electron chi connectivity index (χ1n) is 5.69. The molecule has 0 saturated carbocycles. The maximum Gasteiger partial charge on any atom is 0.309 e. The van der Waals surface area contributed by atoms with E-state index in [1.807, 2.05) is 13.8 Å². The first-order valence-corrected chi connectivity index (χ1v) is 5.69. The molecular weight excluding hydrogens is 194 g/mol. The maximum atomic E-state index is 11.5. The monoisotopic (exact) mass is 215 g/mol. The highest BCUT2D eigenvalue weighted by Crippen LogP contribution is 2.13. The van der Waals surface area contributed by atoms with Crippen LogP contribution in [0, 0.1) is 5.92 Å². The summed E-state index contributed by atoms with van der Waals surface area (Å²) in [5.41, 5.74) is 0. The van der Waals surface area contributed by atoms with E-state index in [0.29, 0.717) is 13.2 Å². The minimum atomic E-state index is -0.0659. The quantitative estimate of drug-likeness (QED) is 0.548. The van der Waals surface area contributed by atoms with Gasteiger partial charge in [-0.15, -0.1) is 0 Å². The van der Waals surface area contributed by atoms with E-state index < -0.39 is 0 Å². The number of ether oxygens (including phenoxy) is 2. The number of hydrogen-bond donors (Lipinski definition) is 1. The van der Waals surface area contributed by atoms with E-state index in [4.69, 9.17) is 9.47 Å². The van der Waals surface area contributed by atoms with Gasteiger partial charge in [0.2, 0.25) is 0 Å². The van der Waals surface area contributed by atoms with Gasteiger partial charge in [-0.2, -0.15) is 0 Å². The first-order chi connectivity index (χ1) is 7.20. The summed E-state index contributed by atoms with van der Waals surface area (Å²) in [6.07, 6.45) is 1.98. The van der Waals surface area contributed by atoms with Crippen LogP contribution >= 0.6 is 0 Å². The predicted octanol–water partition coefficient (Wildman–Crippen LogP) is 0.954. The molecule has 0 atom stereocenters. The Labute approximate surface area is 91.3 Å². The van der Waals surface area contributed by atoms with Gasteiger partial charge >= 0.3 is 5.97 Å². The summed E-state index contributed by atoms with van der Waals surface area (Å²) in [7, 11) is 0. The molecule has 15 heavy (non-hydrogen) atoms. The Bertz CT molecular complexity index is 188. The minimum Gasteiger partial charge on any atom is -0.463 e. The first kappa shape index (κ1) is 12.5. The van der Waals surface area contributed by atoms with E-state index in [1.54, 1.807) is 0 Å². The molecule has 0 amide bonds. The molecule has 0 aromatic carbocycles. The normalized spacial score (nSPS) is 18.1. The molecule has 0 aromatic heterocycles. The van der Waals surface area contributed by atoms with Crippen molar-refractivity contribution in [3.05, 3.63) is 0 Å². The maximum absolute atomic E-state index is 11.5. The van der Waals surface area contributed by atoms with Crippen molar-refractivity contribution in [3.63, 3.8) is 0 Å². The van der Waals surface area contributed by atoms with Crippen LogP contribution in [-0.2, 0) is 14.3 Å². The number of esters is 1. The molecule has 0 aliphatic carbocycles. The van der Waals surface area contributed by atoms with Crippen molar-refractivity contribution in [1.82, 2.24) is 5.32 Å². The second kappa shape index (κ2) is 6.80. The highest BCUT2D eigenvalue weighted by molar-refractivity contribution is 5.72. The number of hydrogen-bond acceptors (Lipinski definition) is 4. The lowest BCUT2D eigenvalue weighted by Gasteiger charge is -2.21. The van der Waals surface area contributed by atoms with E-state index in [9.17, 15) is 4.79 Å². The van der Waals surface area contributed by atoms with Gasteiger partial charge in [-0.25, -0.2) is 0 Å². The molecule has 1 aliphatic heterocycles. The zero-order valence-electron chi connectivity index (χ0n) is 9.62. The molecule has 0 bridgehead atoms. The minimum absolute atomic E-state index is 0.0659. The van der Waals surface area contributed by atoms with Gasteiger partial charge in [-0.1, -0.05) is 0 Å². The number of carbonyl (C=O) groups excluding carboxylic acids is 1. The van der Waals surface area contributed by atoms with Crippen molar-refractivity contribution in [2.45, 2.75) is 32.8 Å². The SMILES string of the molecule is CC(C)OCCOC(=O)C1CCNCC1. The van der Waals surface area contributed by atoms with E-state index in [-0.39, 0.29) is 18.0 Å². The van der Waals surface area contributed by atoms with Gasteiger partial charge in [0.05, 0.1) is 18.6 Å². The Balaban J connectivity index is 2.07. The molecule has 1 fully saturated rings. The average Bonchev–Trinajstić information content (AvgIpc) is 2.25. The summed E-state index contributed by atoms with van der Waals surface area (Å²) in [4.78, 5) is 11.5. The number of piperidine rings is 1. The molecule has 1 saturated heterocycles. The van der Waals surface area contributed by atoms with E-state index in [2.05, 4.69) is 5.32 Å². The van der Waals surface area contributed by atoms with Gasteiger partial charge in [-0.3, -0.25) is 4.79 Å². The lowest BCUT2D eigenvalue weighted by molar-refractivity contribution is -0.151. The number of carbonyl (C=O) groups is 1. The molecular formula is C11H21NO3. The van der Waals surface area contributed by atoms with Crippen molar-refractivity contribution < 1.29 is 14.3 Å². The number of nitrogens with one attached hydrogen (secondary N) is 1. The Morgan fingerprint density at radius 3 is 2.60 bits per heavy atom. The van der Waals surface area contributed by atoms with Crippen molar-refractivity contribution >= 4 is 5.97 Å². The Kier molecular flexibility index (Phi) is 5.65. The van der Waals surface area contributed by atoms with Crippen molar-refractivity contribution in [3.8, 4) is 0 Å². The third-order valence-corrected chi connectivity index (χ3v) is 2.45. The fourth-order valence-corrected chi connectivity index (χ4v) is 1.60. The van der Waals surface area contributed by atoms with Gasteiger partial charge in [0, 0.05) is 0 Å². The van der Waals surface area contributed by atoms with Crippen molar-refractivity contribution in [2.75, 3.05) is 26.3 Å². The lowest BCUT2D eigenvalue weighted by Crippen LogP contribution is -2.33. The molecule has 1 N–H and O–H groups in total. The van der Waals surface area contributed by atoms with E-state index in [0.717, 1.165) is 25.9 Å². The zero-order chi connectivity index (χ0) is 11.1. The van der Waals surface area contributed by atoms with Gasteiger partial charge in [-0.05, 0) is 39.8 Å². The van der Waals surface area contributed by atoms with Crippen LogP contribution in [0.2, 0.25) is 0 Å². The smallest absolute Gasteiger partial charge is 0.309 e. The fourth-order valence-electron chi connectivity index (χ4n) is 1.60. The molecule has 0 spiro atoms. The predicted molar refractivity (Wildman–Crippen MR) is 57.6 cm³/mol. The summed E-state index contributed by atoms with van der Waals surface area (Å²) in [6.45, 7) is 6.64. The van der Waals surface area contributed by atoms with Gasteiger partial charge in [0.1, 0.15) is 6.61 Å². The Morgan fingerprint density at radius 2 is 2.00 bits per heavy atom. The van der Waals surface area contributed by atoms with Crippen LogP contribution in [0.25, 0.3) is 0 Å². The van der Waals surface area contributed by atoms with Crippen molar-refractivity contribution in [1.29, 1.82) is 0 Å².